The lowest BCUT2D eigenvalue weighted by atomic mass is 9.92. The molecule has 0 bridgehead atoms. The number of hydrogen-bond donors (Lipinski definition) is 0. The van der Waals surface area contributed by atoms with Crippen LogP contribution in [0.25, 0.3) is 0 Å². The maximum absolute atomic E-state index is 12.1. The van der Waals surface area contributed by atoms with E-state index in [1.165, 1.54) is 0 Å². The van der Waals surface area contributed by atoms with Gasteiger partial charge in [-0.1, -0.05) is 30.3 Å². The molecule has 98 valence electrons. The van der Waals surface area contributed by atoms with Crippen molar-refractivity contribution in [3.63, 3.8) is 0 Å². The van der Waals surface area contributed by atoms with Crippen molar-refractivity contribution >= 4 is 5.97 Å². The Kier molecular flexibility index (Phi) is 3.71. The molecule has 0 saturated carbocycles. The number of hydrogen-bond acceptors (Lipinski definition) is 3. The van der Waals surface area contributed by atoms with E-state index in [1.807, 2.05) is 51.1 Å². The Balaban J connectivity index is 2.11. The summed E-state index contributed by atoms with van der Waals surface area (Å²) in [5, 5.41) is 0. The van der Waals surface area contributed by atoms with Crippen LogP contribution in [0.2, 0.25) is 0 Å². The maximum atomic E-state index is 12.1. The molecule has 0 aromatic heterocycles. The molecule has 3 nitrogen and oxygen atoms in total. The third kappa shape index (κ3) is 3.10. The maximum Gasteiger partial charge on any atom is 0.336 e. The van der Waals surface area contributed by atoms with Crippen molar-refractivity contribution in [1.29, 1.82) is 0 Å². The van der Waals surface area contributed by atoms with E-state index in [4.69, 9.17) is 9.47 Å². The van der Waals surface area contributed by atoms with Crippen molar-refractivity contribution in [1.82, 2.24) is 0 Å². The quantitative estimate of drug-likeness (QED) is 0.755. The first kappa shape index (κ1) is 13.1. The van der Waals surface area contributed by atoms with E-state index in [0.717, 1.165) is 12.0 Å². The highest BCUT2D eigenvalue weighted by Crippen LogP contribution is 2.32. The fraction of sp³-hybridized carbons (Fsp3) is 0.533. The first-order valence-electron chi connectivity index (χ1n) is 6.37. The number of rotatable bonds is 2. The number of ether oxygens (including phenoxy) is 2. The molecule has 1 aliphatic heterocycles. The van der Waals surface area contributed by atoms with E-state index in [2.05, 4.69) is 0 Å². The first-order chi connectivity index (χ1) is 8.47. The SMILES string of the molecule is CC(C)(C)OC(=O)[C@H]1OCC[C@@H]1c1ccccc1. The topological polar surface area (TPSA) is 35.5 Å². The third-order valence-corrected chi connectivity index (χ3v) is 2.96. The minimum atomic E-state index is -0.468. The van der Waals surface area contributed by atoms with E-state index in [1.54, 1.807) is 0 Å². The second-order valence-electron chi connectivity index (χ2n) is 5.63. The zero-order valence-corrected chi connectivity index (χ0v) is 11.2. The van der Waals surface area contributed by atoms with Crippen molar-refractivity contribution in [2.24, 2.45) is 0 Å². The van der Waals surface area contributed by atoms with Crippen LogP contribution in [0.5, 0.6) is 0 Å². The monoisotopic (exact) mass is 248 g/mol. The van der Waals surface area contributed by atoms with Gasteiger partial charge in [0.15, 0.2) is 6.10 Å². The predicted octanol–water partition coefficient (Wildman–Crippen LogP) is 2.90. The predicted molar refractivity (Wildman–Crippen MR) is 69.4 cm³/mol. The van der Waals surface area contributed by atoms with Crippen LogP contribution in [0, 0.1) is 0 Å². The Hall–Kier alpha value is -1.35. The van der Waals surface area contributed by atoms with Crippen LogP contribution in [-0.4, -0.2) is 24.3 Å². The van der Waals surface area contributed by atoms with Gasteiger partial charge in [0.1, 0.15) is 5.60 Å². The Morgan fingerprint density at radius 1 is 1.28 bits per heavy atom. The Morgan fingerprint density at radius 2 is 1.94 bits per heavy atom. The van der Waals surface area contributed by atoms with Crippen LogP contribution < -0.4 is 0 Å². The van der Waals surface area contributed by atoms with Crippen molar-refractivity contribution in [3.05, 3.63) is 35.9 Å². The molecule has 2 rings (SSSR count). The second kappa shape index (κ2) is 5.11. The molecule has 1 fully saturated rings. The standard InChI is InChI=1S/C15H20O3/c1-15(2,3)18-14(16)13-12(9-10-17-13)11-7-5-4-6-8-11/h4-8,12-13H,9-10H2,1-3H3/t12-,13+/m1/s1. The Bertz CT molecular complexity index is 405. The summed E-state index contributed by atoms with van der Waals surface area (Å²) in [6.45, 7) is 6.23. The summed E-state index contributed by atoms with van der Waals surface area (Å²) in [5.74, 6) is -0.144. The van der Waals surface area contributed by atoms with Crippen LogP contribution in [0.1, 0.15) is 38.7 Å². The van der Waals surface area contributed by atoms with Gasteiger partial charge in [-0.3, -0.25) is 0 Å². The minimum absolute atomic E-state index is 0.112. The molecule has 1 aromatic carbocycles. The van der Waals surface area contributed by atoms with E-state index in [-0.39, 0.29) is 11.9 Å². The van der Waals surface area contributed by atoms with Gasteiger partial charge in [0, 0.05) is 12.5 Å². The summed E-state index contributed by atoms with van der Waals surface area (Å²) in [7, 11) is 0. The molecule has 0 aliphatic carbocycles. The minimum Gasteiger partial charge on any atom is -0.458 e. The molecule has 1 saturated heterocycles. The molecule has 1 aliphatic rings. The molecule has 1 aromatic rings. The molecule has 1 heterocycles. The van der Waals surface area contributed by atoms with Crippen LogP contribution in [-0.2, 0) is 14.3 Å². The van der Waals surface area contributed by atoms with Gasteiger partial charge >= 0.3 is 5.97 Å². The molecule has 0 amide bonds. The molecule has 18 heavy (non-hydrogen) atoms. The van der Waals surface area contributed by atoms with E-state index >= 15 is 0 Å². The normalized spacial score (nSPS) is 23.9. The third-order valence-electron chi connectivity index (χ3n) is 2.96. The van der Waals surface area contributed by atoms with Crippen LogP contribution >= 0.6 is 0 Å². The number of carbonyl (C=O) groups is 1. The van der Waals surface area contributed by atoms with Crippen LogP contribution in [0.3, 0.4) is 0 Å². The zero-order chi connectivity index (χ0) is 13.2. The van der Waals surface area contributed by atoms with Crippen LogP contribution in [0.15, 0.2) is 30.3 Å². The van der Waals surface area contributed by atoms with Crippen molar-refractivity contribution < 1.29 is 14.3 Å². The average molecular weight is 248 g/mol. The van der Waals surface area contributed by atoms with Gasteiger partial charge in [-0.15, -0.1) is 0 Å². The fourth-order valence-corrected chi connectivity index (χ4v) is 2.22. The number of esters is 1. The highest BCUT2D eigenvalue weighted by Gasteiger charge is 2.37. The highest BCUT2D eigenvalue weighted by atomic mass is 16.6. The summed E-state index contributed by atoms with van der Waals surface area (Å²) in [4.78, 5) is 12.1. The van der Waals surface area contributed by atoms with E-state index < -0.39 is 11.7 Å². The molecular weight excluding hydrogens is 228 g/mol. The van der Waals surface area contributed by atoms with E-state index in [0.29, 0.717) is 6.61 Å². The van der Waals surface area contributed by atoms with Gasteiger partial charge in [0.05, 0.1) is 0 Å². The van der Waals surface area contributed by atoms with Crippen molar-refractivity contribution in [2.45, 2.75) is 44.8 Å². The summed E-state index contributed by atoms with van der Waals surface area (Å²) < 4.78 is 11.0. The van der Waals surface area contributed by atoms with Gasteiger partial charge in [0.25, 0.3) is 0 Å². The smallest absolute Gasteiger partial charge is 0.336 e. The Labute approximate surface area is 108 Å². The summed E-state index contributed by atoms with van der Waals surface area (Å²) in [6.07, 6.45) is 0.403. The van der Waals surface area contributed by atoms with Gasteiger partial charge in [-0.05, 0) is 32.8 Å². The summed E-state index contributed by atoms with van der Waals surface area (Å²) in [5.41, 5.74) is 0.676. The lowest BCUT2D eigenvalue weighted by molar-refractivity contribution is -0.166. The van der Waals surface area contributed by atoms with Gasteiger partial charge in [-0.2, -0.15) is 0 Å². The second-order valence-corrected chi connectivity index (χ2v) is 5.63. The molecule has 0 N–H and O–H groups in total. The highest BCUT2D eigenvalue weighted by molar-refractivity contribution is 5.77. The lowest BCUT2D eigenvalue weighted by Crippen LogP contribution is -2.34. The molecule has 3 heteroatoms. The molecule has 0 radical (unpaired) electrons. The molecule has 0 unspecified atom stereocenters. The van der Waals surface area contributed by atoms with Gasteiger partial charge in [0.2, 0.25) is 0 Å². The number of carbonyl (C=O) groups excluding carboxylic acids is 1. The summed E-state index contributed by atoms with van der Waals surface area (Å²) >= 11 is 0. The molecule has 2 atom stereocenters. The first-order valence-corrected chi connectivity index (χ1v) is 6.37. The zero-order valence-electron chi connectivity index (χ0n) is 11.2. The van der Waals surface area contributed by atoms with Gasteiger partial charge in [-0.25, -0.2) is 4.79 Å². The van der Waals surface area contributed by atoms with Crippen molar-refractivity contribution in [3.8, 4) is 0 Å². The molecule has 0 spiro atoms. The summed E-state index contributed by atoms with van der Waals surface area (Å²) in [6, 6.07) is 10.0. The van der Waals surface area contributed by atoms with E-state index in [9.17, 15) is 4.79 Å². The van der Waals surface area contributed by atoms with Crippen molar-refractivity contribution in [2.75, 3.05) is 6.61 Å². The average Bonchev–Trinajstić information content (AvgIpc) is 2.76. The molecular formula is C15H20O3. The Morgan fingerprint density at radius 3 is 2.56 bits per heavy atom. The van der Waals surface area contributed by atoms with Crippen LogP contribution in [0.4, 0.5) is 0 Å². The number of benzene rings is 1. The fourth-order valence-electron chi connectivity index (χ4n) is 2.22. The van der Waals surface area contributed by atoms with Gasteiger partial charge < -0.3 is 9.47 Å². The lowest BCUT2D eigenvalue weighted by Gasteiger charge is -2.24. The largest absolute Gasteiger partial charge is 0.458 e.